The van der Waals surface area contributed by atoms with Gasteiger partial charge in [-0.2, -0.15) is 5.10 Å². The Bertz CT molecular complexity index is 1400. The normalized spacial score (nSPS) is 19.9. The maximum atomic E-state index is 12.5. The van der Waals surface area contributed by atoms with Crippen LogP contribution in [0.3, 0.4) is 0 Å². The molecule has 1 unspecified atom stereocenters. The number of carbonyl (C=O) groups excluding carboxylic acids is 1. The zero-order valence-corrected chi connectivity index (χ0v) is 20.1. The minimum Gasteiger partial charge on any atom is -0.375 e. The van der Waals surface area contributed by atoms with Gasteiger partial charge in [-0.15, -0.1) is 11.3 Å². The molecular weight excluding hydrogens is 462 g/mol. The SMILES string of the molecule is CN1CCC(O)(c2cccc(-c3nc(-c4ccnc(Nc5cnn(CC6CC6)c5)n4)cs3)c2)C1=O. The maximum Gasteiger partial charge on any atom is 0.258 e. The van der Waals surface area contributed by atoms with Gasteiger partial charge in [0.1, 0.15) is 10.7 Å². The Morgan fingerprint density at radius 2 is 2.11 bits per heavy atom. The fourth-order valence-electron chi connectivity index (χ4n) is 4.34. The molecule has 2 fully saturated rings. The van der Waals surface area contributed by atoms with Crippen molar-refractivity contribution in [3.05, 3.63) is 59.9 Å². The average molecular weight is 488 g/mol. The second kappa shape index (κ2) is 8.54. The number of anilines is 2. The second-order valence-corrected chi connectivity index (χ2v) is 10.1. The van der Waals surface area contributed by atoms with Crippen LogP contribution in [-0.4, -0.2) is 54.2 Å². The fourth-order valence-corrected chi connectivity index (χ4v) is 5.15. The molecule has 6 rings (SSSR count). The summed E-state index contributed by atoms with van der Waals surface area (Å²) in [6.45, 7) is 1.49. The van der Waals surface area contributed by atoms with Crippen molar-refractivity contribution in [2.45, 2.75) is 31.4 Å². The van der Waals surface area contributed by atoms with Gasteiger partial charge in [-0.25, -0.2) is 15.0 Å². The number of aromatic nitrogens is 5. The first-order chi connectivity index (χ1) is 17.0. The highest BCUT2D eigenvalue weighted by atomic mass is 32.1. The standard InChI is InChI=1S/C25H25N7O2S/c1-31-10-8-25(34,23(31)33)18-4-2-3-17(11-18)22-29-21(15-35-22)20-7-9-26-24(30-20)28-19-12-27-32(14-19)13-16-5-6-16/h2-4,7,9,11-12,14-16,34H,5-6,8,10,13H2,1H3,(H,26,28,30). The molecule has 3 aromatic heterocycles. The van der Waals surface area contributed by atoms with Crippen molar-refractivity contribution < 1.29 is 9.90 Å². The smallest absolute Gasteiger partial charge is 0.258 e. The average Bonchev–Trinajstić information content (AvgIpc) is 3.25. The molecule has 1 saturated heterocycles. The highest BCUT2D eigenvalue weighted by Crippen LogP contribution is 2.36. The Labute approximate surface area is 206 Å². The van der Waals surface area contributed by atoms with Crippen molar-refractivity contribution >= 4 is 28.9 Å². The number of rotatable bonds is 7. The molecule has 1 amide bonds. The lowest BCUT2D eigenvalue weighted by atomic mass is 9.91. The van der Waals surface area contributed by atoms with Crippen LogP contribution in [0.25, 0.3) is 22.0 Å². The quantitative estimate of drug-likeness (QED) is 0.409. The number of hydrogen-bond acceptors (Lipinski definition) is 8. The molecule has 1 aromatic carbocycles. The van der Waals surface area contributed by atoms with E-state index >= 15 is 0 Å². The van der Waals surface area contributed by atoms with Gasteiger partial charge in [-0.1, -0.05) is 18.2 Å². The van der Waals surface area contributed by atoms with Crippen LogP contribution < -0.4 is 5.32 Å². The van der Waals surface area contributed by atoms with Crippen molar-refractivity contribution in [1.82, 2.24) is 29.6 Å². The van der Waals surface area contributed by atoms with Crippen LogP contribution in [0, 0.1) is 5.92 Å². The Morgan fingerprint density at radius 1 is 1.23 bits per heavy atom. The fraction of sp³-hybridized carbons (Fsp3) is 0.320. The van der Waals surface area contributed by atoms with Crippen LogP contribution in [0.4, 0.5) is 11.6 Å². The van der Waals surface area contributed by atoms with Crippen molar-refractivity contribution in [3.8, 4) is 22.0 Å². The summed E-state index contributed by atoms with van der Waals surface area (Å²) in [4.78, 5) is 27.8. The van der Waals surface area contributed by atoms with Gasteiger partial charge in [0.05, 0.1) is 17.6 Å². The number of likely N-dealkylation sites (N-methyl/N-ethyl adjacent to an activating group) is 1. The Balaban J connectivity index is 1.21. The molecule has 4 heterocycles. The molecule has 1 saturated carbocycles. The van der Waals surface area contributed by atoms with Crippen LogP contribution in [0.15, 0.2) is 54.3 Å². The maximum absolute atomic E-state index is 12.5. The highest BCUT2D eigenvalue weighted by Gasteiger charge is 2.45. The Hall–Kier alpha value is -3.63. The summed E-state index contributed by atoms with van der Waals surface area (Å²) >= 11 is 1.49. The summed E-state index contributed by atoms with van der Waals surface area (Å²) in [6, 6.07) is 9.26. The van der Waals surface area contributed by atoms with Crippen LogP contribution >= 0.6 is 11.3 Å². The van der Waals surface area contributed by atoms with E-state index in [-0.39, 0.29) is 5.91 Å². The van der Waals surface area contributed by atoms with E-state index in [0.29, 0.717) is 30.2 Å². The topological polar surface area (TPSA) is 109 Å². The molecule has 4 aromatic rings. The number of carbonyl (C=O) groups is 1. The summed E-state index contributed by atoms with van der Waals surface area (Å²) in [5, 5.41) is 21.4. The van der Waals surface area contributed by atoms with E-state index in [0.717, 1.165) is 34.4 Å². The monoisotopic (exact) mass is 487 g/mol. The summed E-state index contributed by atoms with van der Waals surface area (Å²) in [5.74, 6) is 0.967. The van der Waals surface area contributed by atoms with Crippen molar-refractivity contribution in [2.75, 3.05) is 18.9 Å². The van der Waals surface area contributed by atoms with Gasteiger partial charge in [-0.3, -0.25) is 9.48 Å². The first-order valence-corrected chi connectivity index (χ1v) is 12.5. The molecule has 1 aliphatic carbocycles. The predicted octanol–water partition coefficient (Wildman–Crippen LogP) is 3.67. The van der Waals surface area contributed by atoms with Gasteiger partial charge < -0.3 is 15.3 Å². The number of aliphatic hydroxyl groups is 1. The van der Waals surface area contributed by atoms with E-state index in [1.807, 2.05) is 40.5 Å². The Morgan fingerprint density at radius 3 is 2.91 bits per heavy atom. The number of benzene rings is 1. The molecule has 0 bridgehead atoms. The molecule has 9 nitrogen and oxygen atoms in total. The van der Waals surface area contributed by atoms with Gasteiger partial charge in [-0.05, 0) is 36.5 Å². The van der Waals surface area contributed by atoms with E-state index < -0.39 is 5.60 Å². The molecule has 2 N–H and O–H groups in total. The third-order valence-electron chi connectivity index (χ3n) is 6.55. The first kappa shape index (κ1) is 21.9. The molecule has 1 atom stereocenters. The molecule has 0 radical (unpaired) electrons. The zero-order chi connectivity index (χ0) is 24.0. The van der Waals surface area contributed by atoms with E-state index in [2.05, 4.69) is 20.4 Å². The molecular formula is C25H25N7O2S. The molecule has 178 valence electrons. The van der Waals surface area contributed by atoms with Gasteiger partial charge in [0.25, 0.3) is 5.91 Å². The van der Waals surface area contributed by atoms with Gasteiger partial charge in [0.2, 0.25) is 5.95 Å². The van der Waals surface area contributed by atoms with Gasteiger partial charge in [0.15, 0.2) is 5.60 Å². The van der Waals surface area contributed by atoms with Crippen LogP contribution in [0.2, 0.25) is 0 Å². The molecule has 10 heteroatoms. The minimum absolute atomic E-state index is 0.270. The van der Waals surface area contributed by atoms with E-state index in [1.165, 1.54) is 24.2 Å². The largest absolute Gasteiger partial charge is 0.375 e. The number of thiazole rings is 1. The lowest BCUT2D eigenvalue weighted by Gasteiger charge is -2.21. The third kappa shape index (κ3) is 4.30. The summed E-state index contributed by atoms with van der Waals surface area (Å²) < 4.78 is 1.96. The van der Waals surface area contributed by atoms with Crippen LogP contribution in [0.5, 0.6) is 0 Å². The van der Waals surface area contributed by atoms with Crippen LogP contribution in [-0.2, 0) is 16.9 Å². The third-order valence-corrected chi connectivity index (χ3v) is 7.44. The molecule has 35 heavy (non-hydrogen) atoms. The van der Waals surface area contributed by atoms with E-state index in [9.17, 15) is 9.90 Å². The molecule has 2 aliphatic rings. The van der Waals surface area contributed by atoms with E-state index in [4.69, 9.17) is 4.98 Å². The predicted molar refractivity (Wildman–Crippen MR) is 133 cm³/mol. The van der Waals surface area contributed by atoms with E-state index in [1.54, 1.807) is 30.4 Å². The number of likely N-dealkylation sites (tertiary alicyclic amines) is 1. The number of nitrogens with zero attached hydrogens (tertiary/aromatic N) is 6. The van der Waals surface area contributed by atoms with Crippen LogP contribution in [0.1, 0.15) is 24.8 Å². The first-order valence-electron chi connectivity index (χ1n) is 11.7. The van der Waals surface area contributed by atoms with Gasteiger partial charge in [0, 0.05) is 49.9 Å². The number of nitrogens with one attached hydrogen (secondary N) is 1. The summed E-state index contributed by atoms with van der Waals surface area (Å²) in [7, 11) is 1.71. The molecule has 0 spiro atoms. The number of hydrogen-bond donors (Lipinski definition) is 2. The minimum atomic E-state index is -1.48. The lowest BCUT2D eigenvalue weighted by molar-refractivity contribution is -0.143. The van der Waals surface area contributed by atoms with Gasteiger partial charge >= 0.3 is 0 Å². The van der Waals surface area contributed by atoms with Crippen molar-refractivity contribution in [1.29, 1.82) is 0 Å². The zero-order valence-electron chi connectivity index (χ0n) is 19.3. The molecule has 1 aliphatic heterocycles. The Kier molecular flexibility index (Phi) is 5.34. The van der Waals surface area contributed by atoms with Crippen molar-refractivity contribution in [3.63, 3.8) is 0 Å². The summed E-state index contributed by atoms with van der Waals surface area (Å²) in [6.07, 6.45) is 8.41. The highest BCUT2D eigenvalue weighted by molar-refractivity contribution is 7.13. The number of amides is 1. The lowest BCUT2D eigenvalue weighted by Crippen LogP contribution is -2.36. The second-order valence-electron chi connectivity index (χ2n) is 9.24. The summed E-state index contributed by atoms with van der Waals surface area (Å²) in [5.41, 5.74) is 2.26. The van der Waals surface area contributed by atoms with Crippen molar-refractivity contribution in [2.24, 2.45) is 5.92 Å².